The van der Waals surface area contributed by atoms with Crippen molar-refractivity contribution in [3.8, 4) is 11.5 Å². The summed E-state index contributed by atoms with van der Waals surface area (Å²) in [6.45, 7) is 1.15. The van der Waals surface area contributed by atoms with Crippen LogP contribution in [0.15, 0.2) is 42.5 Å². The van der Waals surface area contributed by atoms with Gasteiger partial charge >= 0.3 is 0 Å². The molecule has 1 heterocycles. The number of rotatable bonds is 3. The first-order valence-electron chi connectivity index (χ1n) is 10.1. The molecule has 1 fully saturated rings. The molecule has 27 heavy (non-hydrogen) atoms. The van der Waals surface area contributed by atoms with Crippen molar-refractivity contribution >= 4 is 5.91 Å². The molecule has 0 saturated heterocycles. The van der Waals surface area contributed by atoms with E-state index in [0.29, 0.717) is 13.2 Å². The first-order valence-corrected chi connectivity index (χ1v) is 10.1. The summed E-state index contributed by atoms with van der Waals surface area (Å²) in [4.78, 5) is 13.5. The molecule has 2 aliphatic carbocycles. The zero-order valence-electron chi connectivity index (χ0n) is 15.5. The molecule has 4 heteroatoms. The first kappa shape index (κ1) is 16.7. The van der Waals surface area contributed by atoms with Crippen LogP contribution in [0.4, 0.5) is 0 Å². The van der Waals surface area contributed by atoms with Gasteiger partial charge in [-0.25, -0.2) is 0 Å². The molecule has 1 saturated carbocycles. The van der Waals surface area contributed by atoms with E-state index in [9.17, 15) is 4.79 Å². The highest BCUT2D eigenvalue weighted by molar-refractivity contribution is 5.89. The lowest BCUT2D eigenvalue weighted by atomic mass is 9.77. The minimum atomic E-state index is -0.451. The van der Waals surface area contributed by atoms with Crippen LogP contribution in [0, 0.1) is 0 Å². The highest BCUT2D eigenvalue weighted by atomic mass is 16.6. The van der Waals surface area contributed by atoms with Gasteiger partial charge in [-0.2, -0.15) is 0 Å². The standard InChI is InChI=1S/C23H25NO3/c25-22(24-19-9-7-16-5-1-2-6-18(16)19)23(11-3-4-12-23)17-8-10-20-21(15-17)27-14-13-26-20/h1-2,5-6,8,10,15,19H,3-4,7,9,11-14H2,(H,24,25)/t19-/m0/s1. The number of carbonyl (C=O) groups is 1. The minimum absolute atomic E-state index is 0.128. The van der Waals surface area contributed by atoms with Gasteiger partial charge in [0.15, 0.2) is 11.5 Å². The van der Waals surface area contributed by atoms with Crippen molar-refractivity contribution in [2.75, 3.05) is 13.2 Å². The number of hydrogen-bond acceptors (Lipinski definition) is 3. The van der Waals surface area contributed by atoms with Crippen molar-refractivity contribution in [3.05, 3.63) is 59.2 Å². The fourth-order valence-electron chi connectivity index (χ4n) is 4.97. The normalized spacial score (nSPS) is 22.3. The van der Waals surface area contributed by atoms with Gasteiger partial charge in [0.2, 0.25) is 5.91 Å². The summed E-state index contributed by atoms with van der Waals surface area (Å²) in [5.41, 5.74) is 3.25. The fraction of sp³-hybridized carbons (Fsp3) is 0.435. The second kappa shape index (κ2) is 6.59. The number of ether oxygens (including phenoxy) is 2. The Balaban J connectivity index is 1.44. The Morgan fingerprint density at radius 1 is 1.00 bits per heavy atom. The third-order valence-corrected chi connectivity index (χ3v) is 6.42. The van der Waals surface area contributed by atoms with Crippen LogP contribution in [0.25, 0.3) is 0 Å². The van der Waals surface area contributed by atoms with Crippen molar-refractivity contribution in [1.82, 2.24) is 5.32 Å². The summed E-state index contributed by atoms with van der Waals surface area (Å²) < 4.78 is 11.4. The van der Waals surface area contributed by atoms with Crippen molar-refractivity contribution < 1.29 is 14.3 Å². The van der Waals surface area contributed by atoms with Gasteiger partial charge in [-0.05, 0) is 54.5 Å². The van der Waals surface area contributed by atoms with Crippen molar-refractivity contribution in [2.45, 2.75) is 50.0 Å². The molecule has 0 radical (unpaired) electrons. The van der Waals surface area contributed by atoms with E-state index in [4.69, 9.17) is 9.47 Å². The average molecular weight is 363 g/mol. The maximum atomic E-state index is 13.5. The Morgan fingerprint density at radius 3 is 2.63 bits per heavy atom. The van der Waals surface area contributed by atoms with Crippen LogP contribution in [0.1, 0.15) is 54.8 Å². The molecule has 1 N–H and O–H groups in total. The lowest BCUT2D eigenvalue weighted by Gasteiger charge is -2.31. The summed E-state index contributed by atoms with van der Waals surface area (Å²) >= 11 is 0. The van der Waals surface area contributed by atoms with Crippen molar-refractivity contribution in [1.29, 1.82) is 0 Å². The number of benzene rings is 2. The average Bonchev–Trinajstić information content (AvgIpc) is 3.36. The number of hydrogen-bond donors (Lipinski definition) is 1. The lowest BCUT2D eigenvalue weighted by molar-refractivity contribution is -0.127. The Bertz CT molecular complexity index is 870. The monoisotopic (exact) mass is 363 g/mol. The summed E-state index contributed by atoms with van der Waals surface area (Å²) in [5.74, 6) is 1.71. The van der Waals surface area contributed by atoms with Gasteiger partial charge in [-0.1, -0.05) is 43.2 Å². The van der Waals surface area contributed by atoms with Gasteiger partial charge in [-0.3, -0.25) is 4.79 Å². The zero-order chi connectivity index (χ0) is 18.3. The molecular weight excluding hydrogens is 338 g/mol. The van der Waals surface area contributed by atoms with E-state index in [2.05, 4.69) is 35.6 Å². The van der Waals surface area contributed by atoms with Crippen molar-refractivity contribution in [2.24, 2.45) is 0 Å². The Hall–Kier alpha value is -2.49. The molecule has 0 unspecified atom stereocenters. The SMILES string of the molecule is O=C(N[C@H]1CCc2ccccc21)C1(c2ccc3c(c2)OCCO3)CCCC1. The Kier molecular flexibility index (Phi) is 4.07. The molecule has 1 atom stereocenters. The van der Waals surface area contributed by atoms with Gasteiger partial charge in [0.1, 0.15) is 13.2 Å². The van der Waals surface area contributed by atoms with Crippen LogP contribution >= 0.6 is 0 Å². The number of fused-ring (bicyclic) bond motifs is 2. The number of aryl methyl sites for hydroxylation is 1. The highest BCUT2D eigenvalue weighted by Crippen LogP contribution is 2.45. The molecule has 0 bridgehead atoms. The van der Waals surface area contributed by atoms with Gasteiger partial charge in [0, 0.05) is 0 Å². The Labute approximate surface area is 159 Å². The molecule has 1 aliphatic heterocycles. The van der Waals surface area contributed by atoms with Crippen molar-refractivity contribution in [3.63, 3.8) is 0 Å². The predicted octanol–water partition coefficient (Wildman–Crippen LogP) is 4.07. The summed E-state index contributed by atoms with van der Waals surface area (Å²) in [6, 6.07) is 14.6. The quantitative estimate of drug-likeness (QED) is 0.894. The van der Waals surface area contributed by atoms with E-state index in [0.717, 1.165) is 55.6 Å². The van der Waals surface area contributed by atoms with Crippen LogP contribution < -0.4 is 14.8 Å². The Morgan fingerprint density at radius 2 is 1.78 bits per heavy atom. The molecular formula is C23H25NO3. The highest BCUT2D eigenvalue weighted by Gasteiger charge is 2.44. The summed E-state index contributed by atoms with van der Waals surface area (Å²) in [5, 5.41) is 3.39. The molecule has 0 spiro atoms. The molecule has 4 nitrogen and oxygen atoms in total. The maximum absolute atomic E-state index is 13.5. The summed E-state index contributed by atoms with van der Waals surface area (Å²) in [7, 11) is 0. The second-order valence-electron chi connectivity index (χ2n) is 7.91. The van der Waals surface area contributed by atoms with Gasteiger partial charge in [0.05, 0.1) is 11.5 Å². The maximum Gasteiger partial charge on any atom is 0.231 e. The molecule has 0 aromatic heterocycles. The third kappa shape index (κ3) is 2.78. The van der Waals surface area contributed by atoms with Crippen LogP contribution in [0.2, 0.25) is 0 Å². The van der Waals surface area contributed by atoms with Gasteiger partial charge in [0.25, 0.3) is 0 Å². The molecule has 5 rings (SSSR count). The van der Waals surface area contributed by atoms with Crippen LogP contribution in [-0.2, 0) is 16.6 Å². The number of carbonyl (C=O) groups excluding carboxylic acids is 1. The third-order valence-electron chi connectivity index (χ3n) is 6.42. The largest absolute Gasteiger partial charge is 0.486 e. The topological polar surface area (TPSA) is 47.6 Å². The van der Waals surface area contributed by atoms with E-state index in [1.165, 1.54) is 11.1 Å². The molecule has 3 aliphatic rings. The molecule has 140 valence electrons. The lowest BCUT2D eigenvalue weighted by Crippen LogP contribution is -2.43. The van der Waals surface area contributed by atoms with Crippen LogP contribution in [0.5, 0.6) is 11.5 Å². The number of amides is 1. The van der Waals surface area contributed by atoms with Crippen LogP contribution in [-0.4, -0.2) is 19.1 Å². The fourth-order valence-corrected chi connectivity index (χ4v) is 4.97. The van der Waals surface area contributed by atoms with Gasteiger partial charge < -0.3 is 14.8 Å². The summed E-state index contributed by atoms with van der Waals surface area (Å²) in [6.07, 6.45) is 5.99. The van der Waals surface area contributed by atoms with E-state index >= 15 is 0 Å². The van der Waals surface area contributed by atoms with E-state index in [1.807, 2.05) is 12.1 Å². The molecule has 1 amide bonds. The number of nitrogens with one attached hydrogen (secondary N) is 1. The van der Waals surface area contributed by atoms with Crippen LogP contribution in [0.3, 0.4) is 0 Å². The van der Waals surface area contributed by atoms with E-state index < -0.39 is 5.41 Å². The first-order chi connectivity index (χ1) is 13.3. The second-order valence-corrected chi connectivity index (χ2v) is 7.91. The molecule has 2 aromatic carbocycles. The predicted molar refractivity (Wildman–Crippen MR) is 103 cm³/mol. The molecule has 2 aromatic rings. The van der Waals surface area contributed by atoms with E-state index in [1.54, 1.807) is 0 Å². The smallest absolute Gasteiger partial charge is 0.231 e. The van der Waals surface area contributed by atoms with E-state index in [-0.39, 0.29) is 11.9 Å². The minimum Gasteiger partial charge on any atom is -0.486 e. The zero-order valence-corrected chi connectivity index (χ0v) is 15.5. The van der Waals surface area contributed by atoms with Gasteiger partial charge in [-0.15, -0.1) is 0 Å².